The van der Waals surface area contributed by atoms with E-state index >= 15 is 0 Å². The molecule has 3 heterocycles. The topological polar surface area (TPSA) is 43.6 Å². The second-order valence-corrected chi connectivity index (χ2v) is 15.9. The molecule has 0 radical (unpaired) electrons. The summed E-state index contributed by atoms with van der Waals surface area (Å²) < 4.78 is 4.83. The van der Waals surface area contributed by atoms with Crippen molar-refractivity contribution in [3.8, 4) is 51.0 Å². The van der Waals surface area contributed by atoms with Gasteiger partial charge in [0.2, 0.25) is 5.95 Å². The molecule has 0 N–H and O–H groups in total. The van der Waals surface area contributed by atoms with E-state index in [9.17, 15) is 0 Å². The Morgan fingerprint density at radius 3 is 1.76 bits per heavy atom. The van der Waals surface area contributed by atoms with Crippen LogP contribution in [0.1, 0.15) is 0 Å². The maximum atomic E-state index is 5.40. The van der Waals surface area contributed by atoms with Crippen molar-refractivity contribution < 1.29 is 0 Å². The summed E-state index contributed by atoms with van der Waals surface area (Å²) in [5.41, 5.74) is 8.61. The van der Waals surface area contributed by atoms with Gasteiger partial charge in [-0.05, 0) is 56.9 Å². The van der Waals surface area contributed by atoms with Gasteiger partial charge >= 0.3 is 0 Å². The van der Waals surface area contributed by atoms with Gasteiger partial charge in [0.05, 0.1) is 11.0 Å². The number of para-hydroxylation sites is 1. The van der Waals surface area contributed by atoms with Crippen LogP contribution in [0.5, 0.6) is 0 Å². The van der Waals surface area contributed by atoms with E-state index in [1.165, 1.54) is 42.1 Å². The molecule has 9 aromatic carbocycles. The van der Waals surface area contributed by atoms with Crippen LogP contribution >= 0.6 is 11.3 Å². The number of thiophene rings is 1. The highest BCUT2D eigenvalue weighted by atomic mass is 32.1. The first-order valence-electron chi connectivity index (χ1n) is 19.5. The Morgan fingerprint density at radius 1 is 0.362 bits per heavy atom. The van der Waals surface area contributed by atoms with Crippen LogP contribution in [-0.4, -0.2) is 19.5 Å². The molecule has 0 fully saturated rings. The van der Waals surface area contributed by atoms with Gasteiger partial charge in [-0.2, -0.15) is 9.97 Å². The average Bonchev–Trinajstić information content (AvgIpc) is 3.84. The zero-order valence-corrected chi connectivity index (χ0v) is 32.0. The minimum atomic E-state index is 0.576. The van der Waals surface area contributed by atoms with E-state index in [1.807, 2.05) is 17.4 Å². The van der Waals surface area contributed by atoms with E-state index in [0.717, 1.165) is 54.8 Å². The van der Waals surface area contributed by atoms with Gasteiger partial charge in [0.15, 0.2) is 11.6 Å². The fourth-order valence-corrected chi connectivity index (χ4v) is 9.86. The van der Waals surface area contributed by atoms with Gasteiger partial charge in [-0.25, -0.2) is 4.98 Å². The molecule has 12 aromatic rings. The fraction of sp³-hybridized carbons (Fsp3) is 0. The highest BCUT2D eigenvalue weighted by Crippen LogP contribution is 2.45. The predicted octanol–water partition coefficient (Wildman–Crippen LogP) is 14.3. The monoisotopic (exact) mass is 756 g/mol. The maximum Gasteiger partial charge on any atom is 0.238 e. The molecule has 4 nitrogen and oxygen atoms in total. The normalized spacial score (nSPS) is 11.8. The van der Waals surface area contributed by atoms with Crippen molar-refractivity contribution in [1.29, 1.82) is 0 Å². The lowest BCUT2D eigenvalue weighted by Crippen LogP contribution is -2.07. The minimum Gasteiger partial charge on any atom is -0.277 e. The van der Waals surface area contributed by atoms with Crippen LogP contribution in [0.15, 0.2) is 194 Å². The molecule has 58 heavy (non-hydrogen) atoms. The minimum absolute atomic E-state index is 0.576. The summed E-state index contributed by atoms with van der Waals surface area (Å²) >= 11 is 1.85. The van der Waals surface area contributed by atoms with E-state index in [2.05, 4.69) is 193 Å². The third-order valence-electron chi connectivity index (χ3n) is 11.4. The lowest BCUT2D eigenvalue weighted by Gasteiger charge is -2.14. The van der Waals surface area contributed by atoms with Crippen LogP contribution < -0.4 is 0 Å². The molecule has 5 heteroatoms. The van der Waals surface area contributed by atoms with Crippen LogP contribution in [0, 0.1) is 0 Å². The molecule has 0 spiro atoms. The van der Waals surface area contributed by atoms with Gasteiger partial charge in [-0.3, -0.25) is 4.57 Å². The van der Waals surface area contributed by atoms with Crippen LogP contribution in [0.2, 0.25) is 0 Å². The quantitative estimate of drug-likeness (QED) is 0.176. The molecule has 0 aliphatic carbocycles. The second kappa shape index (κ2) is 13.1. The number of hydrogen-bond acceptors (Lipinski definition) is 4. The van der Waals surface area contributed by atoms with Gasteiger partial charge in [0, 0.05) is 53.2 Å². The number of benzene rings is 9. The third kappa shape index (κ3) is 5.25. The Bertz CT molecular complexity index is 3560. The molecule has 0 bridgehead atoms. The number of hydrogen-bond donors (Lipinski definition) is 0. The summed E-state index contributed by atoms with van der Waals surface area (Å²) in [7, 11) is 0. The second-order valence-electron chi connectivity index (χ2n) is 14.8. The standard InChI is InChI=1S/C53H32N4S/c1-2-12-33(13-3-1)35-24-27-36(28-25-35)51-54-52(40-29-26-34-14-4-5-15-37(34)30-40)56-53(55-51)57-47-32-39-17-7-6-16-38(39)31-46(47)43-20-10-19-42(49(43)57)45-22-11-21-44-41-18-8-9-23-48(41)58-50(44)45/h1-32H. The Labute approximate surface area is 338 Å². The van der Waals surface area contributed by atoms with Gasteiger partial charge in [-0.1, -0.05) is 170 Å². The summed E-state index contributed by atoms with van der Waals surface area (Å²) in [5.74, 6) is 1.82. The zero-order chi connectivity index (χ0) is 38.2. The van der Waals surface area contributed by atoms with E-state index in [-0.39, 0.29) is 0 Å². The van der Waals surface area contributed by atoms with Crippen LogP contribution in [0.3, 0.4) is 0 Å². The van der Waals surface area contributed by atoms with Gasteiger partial charge in [-0.15, -0.1) is 11.3 Å². The maximum absolute atomic E-state index is 5.40. The van der Waals surface area contributed by atoms with Crippen molar-refractivity contribution in [2.45, 2.75) is 0 Å². The SMILES string of the molecule is c1ccc(-c2ccc(-c3nc(-c4ccc5ccccc5c4)nc(-n4c5cc6ccccc6cc5c5cccc(-c6cccc7c6sc6ccccc67)c54)n3)cc2)cc1. The van der Waals surface area contributed by atoms with E-state index in [4.69, 9.17) is 15.0 Å². The Balaban J connectivity index is 1.17. The van der Waals surface area contributed by atoms with Crippen molar-refractivity contribution >= 4 is 74.9 Å². The molecule has 0 amide bonds. The van der Waals surface area contributed by atoms with E-state index in [0.29, 0.717) is 17.6 Å². The molecule has 12 rings (SSSR count). The van der Waals surface area contributed by atoms with Crippen LogP contribution in [0.4, 0.5) is 0 Å². The Hall–Kier alpha value is -7.47. The molecular weight excluding hydrogens is 725 g/mol. The molecular formula is C53H32N4S. The zero-order valence-electron chi connectivity index (χ0n) is 31.2. The van der Waals surface area contributed by atoms with Crippen molar-refractivity contribution in [3.05, 3.63) is 194 Å². The highest BCUT2D eigenvalue weighted by Gasteiger charge is 2.22. The summed E-state index contributed by atoms with van der Waals surface area (Å²) in [4.78, 5) is 16.0. The summed E-state index contributed by atoms with van der Waals surface area (Å²) in [6, 6.07) is 69.2. The largest absolute Gasteiger partial charge is 0.277 e. The molecule has 0 saturated heterocycles. The van der Waals surface area contributed by atoms with Crippen molar-refractivity contribution in [1.82, 2.24) is 19.5 Å². The van der Waals surface area contributed by atoms with Crippen molar-refractivity contribution in [2.24, 2.45) is 0 Å². The number of aromatic nitrogens is 4. The van der Waals surface area contributed by atoms with Gasteiger partial charge in [0.1, 0.15) is 0 Å². The van der Waals surface area contributed by atoms with Gasteiger partial charge < -0.3 is 0 Å². The molecule has 0 aliphatic rings. The Kier molecular flexibility index (Phi) is 7.37. The first-order valence-corrected chi connectivity index (χ1v) is 20.3. The van der Waals surface area contributed by atoms with Gasteiger partial charge in [0.25, 0.3) is 0 Å². The Morgan fingerprint density at radius 2 is 0.948 bits per heavy atom. The first-order chi connectivity index (χ1) is 28.7. The molecule has 0 saturated carbocycles. The highest BCUT2D eigenvalue weighted by molar-refractivity contribution is 7.26. The summed E-state index contributed by atoms with van der Waals surface area (Å²) in [6.07, 6.45) is 0. The number of nitrogens with zero attached hydrogens (tertiary/aromatic N) is 4. The third-order valence-corrected chi connectivity index (χ3v) is 12.7. The lowest BCUT2D eigenvalue weighted by molar-refractivity contribution is 0.954. The first kappa shape index (κ1) is 32.7. The van der Waals surface area contributed by atoms with Crippen molar-refractivity contribution in [3.63, 3.8) is 0 Å². The van der Waals surface area contributed by atoms with Crippen LogP contribution in [-0.2, 0) is 0 Å². The van der Waals surface area contributed by atoms with E-state index in [1.54, 1.807) is 0 Å². The smallest absolute Gasteiger partial charge is 0.238 e. The molecule has 0 unspecified atom stereocenters. The molecule has 270 valence electrons. The molecule has 0 atom stereocenters. The molecule has 3 aromatic heterocycles. The van der Waals surface area contributed by atoms with E-state index < -0.39 is 0 Å². The molecule has 0 aliphatic heterocycles. The number of fused-ring (bicyclic) bond motifs is 8. The average molecular weight is 757 g/mol. The lowest BCUT2D eigenvalue weighted by atomic mass is 9.99. The number of rotatable bonds is 5. The fourth-order valence-electron chi connectivity index (χ4n) is 8.63. The van der Waals surface area contributed by atoms with Crippen LogP contribution in [0.25, 0.3) is 115 Å². The van der Waals surface area contributed by atoms with Crippen molar-refractivity contribution in [2.75, 3.05) is 0 Å². The summed E-state index contributed by atoms with van der Waals surface area (Å²) in [6.45, 7) is 0. The predicted molar refractivity (Wildman–Crippen MR) is 244 cm³/mol. The summed E-state index contributed by atoms with van der Waals surface area (Å²) in [5, 5.41) is 9.51.